The number of nitrogens with one attached hydrogen (secondary N) is 1. The van der Waals surface area contributed by atoms with Gasteiger partial charge in [-0.05, 0) is 12.0 Å². The SMILES string of the molecule is CC(C)c1ccc(CN)c(=O)[nH]1. The molecule has 0 saturated carbocycles. The van der Waals surface area contributed by atoms with E-state index in [4.69, 9.17) is 5.73 Å². The second-order valence-corrected chi connectivity index (χ2v) is 3.13. The van der Waals surface area contributed by atoms with Crippen LogP contribution in [0.15, 0.2) is 16.9 Å². The Morgan fingerprint density at radius 2 is 2.17 bits per heavy atom. The third kappa shape index (κ3) is 1.74. The van der Waals surface area contributed by atoms with Crippen molar-refractivity contribution in [3.63, 3.8) is 0 Å². The lowest BCUT2D eigenvalue weighted by molar-refractivity contribution is 0.808. The monoisotopic (exact) mass is 166 g/mol. The van der Waals surface area contributed by atoms with Gasteiger partial charge >= 0.3 is 0 Å². The van der Waals surface area contributed by atoms with E-state index in [1.807, 2.05) is 19.9 Å². The van der Waals surface area contributed by atoms with Crippen molar-refractivity contribution >= 4 is 0 Å². The lowest BCUT2D eigenvalue weighted by atomic mass is 10.1. The Bertz CT molecular complexity index is 315. The Morgan fingerprint density at radius 1 is 1.50 bits per heavy atom. The molecule has 1 aromatic rings. The zero-order valence-electron chi connectivity index (χ0n) is 7.42. The minimum Gasteiger partial charge on any atom is -0.326 e. The van der Waals surface area contributed by atoms with Crippen molar-refractivity contribution in [2.45, 2.75) is 26.3 Å². The van der Waals surface area contributed by atoms with E-state index in [0.29, 0.717) is 18.0 Å². The van der Waals surface area contributed by atoms with E-state index >= 15 is 0 Å². The van der Waals surface area contributed by atoms with Crippen LogP contribution in [0.4, 0.5) is 0 Å². The van der Waals surface area contributed by atoms with E-state index in [0.717, 1.165) is 5.69 Å². The topological polar surface area (TPSA) is 58.9 Å². The number of pyridine rings is 1. The van der Waals surface area contributed by atoms with Crippen LogP contribution in [0.5, 0.6) is 0 Å². The zero-order valence-corrected chi connectivity index (χ0v) is 7.42. The molecule has 3 nitrogen and oxygen atoms in total. The molecule has 66 valence electrons. The van der Waals surface area contributed by atoms with Crippen LogP contribution in [0.3, 0.4) is 0 Å². The molecule has 0 unspecified atom stereocenters. The molecular formula is C9H14N2O. The largest absolute Gasteiger partial charge is 0.326 e. The third-order valence-corrected chi connectivity index (χ3v) is 1.86. The quantitative estimate of drug-likeness (QED) is 0.687. The molecule has 1 heterocycles. The van der Waals surface area contributed by atoms with Gasteiger partial charge in [-0.3, -0.25) is 4.79 Å². The fourth-order valence-electron chi connectivity index (χ4n) is 1.02. The van der Waals surface area contributed by atoms with Crippen LogP contribution in [0.2, 0.25) is 0 Å². The van der Waals surface area contributed by atoms with E-state index < -0.39 is 0 Å². The first-order chi connectivity index (χ1) is 5.65. The predicted octanol–water partition coefficient (Wildman–Crippen LogP) is 0.957. The Balaban J connectivity index is 3.11. The van der Waals surface area contributed by atoms with Gasteiger partial charge in [0.1, 0.15) is 0 Å². The van der Waals surface area contributed by atoms with Gasteiger partial charge in [-0.25, -0.2) is 0 Å². The molecule has 1 aromatic heterocycles. The first-order valence-corrected chi connectivity index (χ1v) is 4.07. The van der Waals surface area contributed by atoms with Crippen LogP contribution in [0.25, 0.3) is 0 Å². The molecule has 0 radical (unpaired) electrons. The maximum absolute atomic E-state index is 11.2. The van der Waals surface area contributed by atoms with Crippen molar-refractivity contribution in [3.8, 4) is 0 Å². The maximum atomic E-state index is 11.2. The van der Waals surface area contributed by atoms with Gasteiger partial charge in [-0.15, -0.1) is 0 Å². The van der Waals surface area contributed by atoms with Crippen molar-refractivity contribution in [3.05, 3.63) is 33.7 Å². The summed E-state index contributed by atoms with van der Waals surface area (Å²) in [5, 5.41) is 0. The summed E-state index contributed by atoms with van der Waals surface area (Å²) < 4.78 is 0. The van der Waals surface area contributed by atoms with E-state index in [9.17, 15) is 4.79 Å². The maximum Gasteiger partial charge on any atom is 0.252 e. The number of nitrogens with two attached hydrogens (primary N) is 1. The minimum absolute atomic E-state index is 0.0660. The highest BCUT2D eigenvalue weighted by Crippen LogP contribution is 2.08. The van der Waals surface area contributed by atoms with Gasteiger partial charge in [0.25, 0.3) is 5.56 Å². The highest BCUT2D eigenvalue weighted by atomic mass is 16.1. The molecule has 0 aliphatic carbocycles. The summed E-state index contributed by atoms with van der Waals surface area (Å²) in [6, 6.07) is 3.70. The fourth-order valence-corrected chi connectivity index (χ4v) is 1.02. The molecule has 3 heteroatoms. The zero-order chi connectivity index (χ0) is 9.14. The van der Waals surface area contributed by atoms with E-state index in [-0.39, 0.29) is 5.56 Å². The summed E-state index contributed by atoms with van der Waals surface area (Å²) in [5.41, 5.74) is 6.88. The molecule has 0 fully saturated rings. The van der Waals surface area contributed by atoms with Gasteiger partial charge < -0.3 is 10.7 Å². The number of aromatic amines is 1. The van der Waals surface area contributed by atoms with Crippen LogP contribution in [0, 0.1) is 0 Å². The van der Waals surface area contributed by atoms with Crippen molar-refractivity contribution in [2.75, 3.05) is 0 Å². The average Bonchev–Trinajstić information content (AvgIpc) is 2.04. The Kier molecular flexibility index (Phi) is 2.65. The highest BCUT2D eigenvalue weighted by molar-refractivity contribution is 5.15. The molecule has 12 heavy (non-hydrogen) atoms. The average molecular weight is 166 g/mol. The number of hydrogen-bond donors (Lipinski definition) is 2. The summed E-state index contributed by atoms with van der Waals surface area (Å²) in [4.78, 5) is 14.0. The van der Waals surface area contributed by atoms with Crippen LogP contribution < -0.4 is 11.3 Å². The van der Waals surface area contributed by atoms with Gasteiger partial charge in [0.15, 0.2) is 0 Å². The normalized spacial score (nSPS) is 10.7. The molecule has 3 N–H and O–H groups in total. The summed E-state index contributed by atoms with van der Waals surface area (Å²) in [6.45, 7) is 4.37. The first-order valence-electron chi connectivity index (χ1n) is 4.07. The lowest BCUT2D eigenvalue weighted by Crippen LogP contribution is -2.17. The van der Waals surface area contributed by atoms with Crippen LogP contribution in [-0.2, 0) is 6.54 Å². The van der Waals surface area contributed by atoms with E-state index in [1.54, 1.807) is 6.07 Å². The molecule has 0 aromatic carbocycles. The highest BCUT2D eigenvalue weighted by Gasteiger charge is 2.01. The number of rotatable bonds is 2. The Hall–Kier alpha value is -1.09. The van der Waals surface area contributed by atoms with Gasteiger partial charge in [0.05, 0.1) is 0 Å². The second kappa shape index (κ2) is 3.54. The minimum atomic E-state index is -0.0660. The predicted molar refractivity (Wildman–Crippen MR) is 49.0 cm³/mol. The molecule has 0 spiro atoms. The standard InChI is InChI=1S/C9H14N2O/c1-6(2)8-4-3-7(5-10)9(12)11-8/h3-4,6H,5,10H2,1-2H3,(H,11,12). The second-order valence-electron chi connectivity index (χ2n) is 3.13. The molecule has 0 amide bonds. The third-order valence-electron chi connectivity index (χ3n) is 1.86. The van der Waals surface area contributed by atoms with Crippen molar-refractivity contribution < 1.29 is 0 Å². The van der Waals surface area contributed by atoms with Crippen LogP contribution in [-0.4, -0.2) is 4.98 Å². The van der Waals surface area contributed by atoms with Gasteiger partial charge in [-0.2, -0.15) is 0 Å². The molecule has 1 rings (SSSR count). The number of hydrogen-bond acceptors (Lipinski definition) is 2. The fraction of sp³-hybridized carbons (Fsp3) is 0.444. The lowest BCUT2D eigenvalue weighted by Gasteiger charge is -2.04. The van der Waals surface area contributed by atoms with Crippen LogP contribution in [0.1, 0.15) is 31.0 Å². The summed E-state index contributed by atoms with van der Waals surface area (Å²) >= 11 is 0. The van der Waals surface area contributed by atoms with Crippen molar-refractivity contribution in [1.82, 2.24) is 4.98 Å². The smallest absolute Gasteiger partial charge is 0.252 e. The van der Waals surface area contributed by atoms with E-state index in [1.165, 1.54) is 0 Å². The van der Waals surface area contributed by atoms with Gasteiger partial charge in [0.2, 0.25) is 0 Å². The Morgan fingerprint density at radius 3 is 2.58 bits per heavy atom. The number of H-pyrrole nitrogens is 1. The van der Waals surface area contributed by atoms with Gasteiger partial charge in [-0.1, -0.05) is 19.9 Å². The summed E-state index contributed by atoms with van der Waals surface area (Å²) in [7, 11) is 0. The molecular weight excluding hydrogens is 152 g/mol. The number of aromatic nitrogens is 1. The summed E-state index contributed by atoms with van der Waals surface area (Å²) in [5.74, 6) is 0.351. The molecule has 0 atom stereocenters. The molecule has 0 saturated heterocycles. The van der Waals surface area contributed by atoms with E-state index in [2.05, 4.69) is 4.98 Å². The summed E-state index contributed by atoms with van der Waals surface area (Å²) in [6.07, 6.45) is 0. The molecule has 0 bridgehead atoms. The first kappa shape index (κ1) is 9.00. The van der Waals surface area contributed by atoms with Crippen molar-refractivity contribution in [1.29, 1.82) is 0 Å². The molecule has 0 aliphatic heterocycles. The van der Waals surface area contributed by atoms with Gasteiger partial charge in [0, 0.05) is 17.8 Å². The van der Waals surface area contributed by atoms with Crippen molar-refractivity contribution in [2.24, 2.45) is 5.73 Å². The Labute approximate surface area is 71.6 Å². The molecule has 0 aliphatic rings. The van der Waals surface area contributed by atoms with Crippen LogP contribution >= 0.6 is 0 Å².